The van der Waals surface area contributed by atoms with Crippen molar-refractivity contribution in [1.82, 2.24) is 20.3 Å². The van der Waals surface area contributed by atoms with Crippen molar-refractivity contribution < 1.29 is 19.4 Å². The van der Waals surface area contributed by atoms with Crippen LogP contribution in [0.5, 0.6) is 5.75 Å². The number of ether oxygens (including phenoxy) is 1. The molecule has 2 heterocycles. The smallest absolute Gasteiger partial charge is 0.239 e. The van der Waals surface area contributed by atoms with Gasteiger partial charge in [-0.15, -0.1) is 0 Å². The number of fused-ring (bicyclic) bond motifs is 1. The normalized spacial score (nSPS) is 13.7. The molecule has 0 spiro atoms. The van der Waals surface area contributed by atoms with Crippen LogP contribution in [0, 0.1) is 0 Å². The molecule has 1 aliphatic rings. The van der Waals surface area contributed by atoms with Crippen LogP contribution in [-0.2, 0) is 11.2 Å². The molecule has 0 fully saturated rings. The third-order valence-electron chi connectivity index (χ3n) is 4.66. The summed E-state index contributed by atoms with van der Waals surface area (Å²) in [5.74, 6) is 1.15. The Bertz CT molecular complexity index is 1020. The van der Waals surface area contributed by atoms with Crippen LogP contribution in [0.1, 0.15) is 57.1 Å². The van der Waals surface area contributed by atoms with Gasteiger partial charge >= 0.3 is 0 Å². The van der Waals surface area contributed by atoms with Gasteiger partial charge in [-0.25, -0.2) is 9.97 Å². The number of nitrogens with zero attached hydrogens (tertiary/aromatic N) is 4. The van der Waals surface area contributed by atoms with Crippen LogP contribution < -0.4 is 15.0 Å². The Balaban J connectivity index is 1.93. The summed E-state index contributed by atoms with van der Waals surface area (Å²) in [4.78, 5) is 40.1. The van der Waals surface area contributed by atoms with E-state index in [2.05, 4.69) is 20.3 Å². The van der Waals surface area contributed by atoms with Gasteiger partial charge < -0.3 is 20.1 Å². The molecule has 2 N–H and O–H groups in total. The lowest BCUT2D eigenvalue weighted by Gasteiger charge is -2.25. The van der Waals surface area contributed by atoms with Crippen molar-refractivity contribution >= 4 is 17.5 Å². The van der Waals surface area contributed by atoms with Crippen molar-refractivity contribution in [3.63, 3.8) is 0 Å². The van der Waals surface area contributed by atoms with Gasteiger partial charge in [-0.05, 0) is 47.1 Å². The van der Waals surface area contributed by atoms with Gasteiger partial charge in [0.25, 0.3) is 0 Å². The largest absolute Gasteiger partial charge is 0.490 e. The average Bonchev–Trinajstić information content (AvgIpc) is 3.05. The fourth-order valence-corrected chi connectivity index (χ4v) is 3.35. The molecular formula is C23H31N5O4. The number of carbonyl (C=O) groups excluding carboxylic acids is 2. The van der Waals surface area contributed by atoms with Gasteiger partial charge in [0.05, 0.1) is 12.1 Å². The highest BCUT2D eigenvalue weighted by molar-refractivity contribution is 6.00. The quantitative estimate of drug-likeness (QED) is 0.671. The van der Waals surface area contributed by atoms with Crippen LogP contribution in [0.25, 0.3) is 11.5 Å². The van der Waals surface area contributed by atoms with Gasteiger partial charge in [-0.2, -0.15) is 0 Å². The molecule has 0 unspecified atom stereocenters. The molecule has 0 radical (unpaired) electrons. The number of hydrogen-bond donors (Lipinski definition) is 2. The lowest BCUT2D eigenvalue weighted by Crippen LogP contribution is -2.45. The van der Waals surface area contributed by atoms with Crippen LogP contribution in [0.3, 0.4) is 0 Å². The second-order valence-corrected chi connectivity index (χ2v) is 9.75. The number of anilines is 1. The summed E-state index contributed by atoms with van der Waals surface area (Å²) in [6.45, 7) is 9.27. The van der Waals surface area contributed by atoms with Gasteiger partial charge in [0.15, 0.2) is 11.6 Å². The molecule has 0 aromatic carbocycles. The average molecular weight is 442 g/mol. The molecule has 0 saturated heterocycles. The van der Waals surface area contributed by atoms with E-state index < -0.39 is 5.60 Å². The maximum Gasteiger partial charge on any atom is 0.239 e. The van der Waals surface area contributed by atoms with E-state index >= 15 is 0 Å². The minimum atomic E-state index is -0.983. The first-order chi connectivity index (χ1) is 14.8. The zero-order valence-corrected chi connectivity index (χ0v) is 19.5. The zero-order chi connectivity index (χ0) is 23.7. The van der Waals surface area contributed by atoms with Crippen LogP contribution in [0.15, 0.2) is 18.3 Å². The highest BCUT2D eigenvalue weighted by Gasteiger charge is 2.29. The van der Waals surface area contributed by atoms with Gasteiger partial charge in [0, 0.05) is 36.8 Å². The maximum absolute atomic E-state index is 12.5. The molecule has 1 aliphatic carbocycles. The highest BCUT2D eigenvalue weighted by Crippen LogP contribution is 2.31. The Labute approximate surface area is 188 Å². The summed E-state index contributed by atoms with van der Waals surface area (Å²) in [5, 5.41) is 12.8. The summed E-state index contributed by atoms with van der Waals surface area (Å²) < 4.78 is 5.65. The lowest BCUT2D eigenvalue weighted by atomic mass is 10.1. The van der Waals surface area contributed by atoms with Gasteiger partial charge in [0.2, 0.25) is 5.91 Å². The summed E-state index contributed by atoms with van der Waals surface area (Å²) in [6, 6.07) is 3.35. The van der Waals surface area contributed by atoms with E-state index in [4.69, 9.17) is 4.74 Å². The molecule has 0 bridgehead atoms. The molecule has 0 aliphatic heterocycles. The summed E-state index contributed by atoms with van der Waals surface area (Å²) in [5.41, 5.74) is 0.232. The fraction of sp³-hybridized carbons (Fsp3) is 0.522. The van der Waals surface area contributed by atoms with Crippen molar-refractivity contribution in [3.05, 3.63) is 29.6 Å². The van der Waals surface area contributed by atoms with Crippen LogP contribution in [0.2, 0.25) is 0 Å². The van der Waals surface area contributed by atoms with Crippen molar-refractivity contribution in [2.24, 2.45) is 0 Å². The third-order valence-corrected chi connectivity index (χ3v) is 4.66. The number of hydrogen-bond acceptors (Lipinski definition) is 8. The van der Waals surface area contributed by atoms with E-state index in [1.165, 1.54) is 0 Å². The summed E-state index contributed by atoms with van der Waals surface area (Å²) in [7, 11) is 1.77. The Hall–Kier alpha value is -3.07. The van der Waals surface area contributed by atoms with Crippen LogP contribution in [0.4, 0.5) is 5.82 Å². The Kier molecular flexibility index (Phi) is 6.50. The number of ketones is 1. The second kappa shape index (κ2) is 8.82. The summed E-state index contributed by atoms with van der Waals surface area (Å²) in [6.07, 6.45) is 2.47. The maximum atomic E-state index is 12.5. The molecule has 0 saturated carbocycles. The first-order valence-electron chi connectivity index (χ1n) is 10.6. The molecule has 172 valence electrons. The van der Waals surface area contributed by atoms with E-state index in [-0.39, 0.29) is 36.2 Å². The highest BCUT2D eigenvalue weighted by atomic mass is 16.5. The molecule has 9 heteroatoms. The number of aromatic nitrogens is 3. The SMILES string of the molecule is CN(CC(=O)NC(C)(C)C)c1nc(-c2cc(OCC(C)(C)O)ccn2)nc2c1CCC2=O. The van der Waals surface area contributed by atoms with E-state index in [0.29, 0.717) is 35.8 Å². The topological polar surface area (TPSA) is 118 Å². The van der Waals surface area contributed by atoms with E-state index in [0.717, 1.165) is 5.56 Å². The lowest BCUT2D eigenvalue weighted by molar-refractivity contribution is -0.121. The molecule has 32 heavy (non-hydrogen) atoms. The molecule has 0 atom stereocenters. The molecule has 1 amide bonds. The molecular weight excluding hydrogens is 410 g/mol. The fourth-order valence-electron chi connectivity index (χ4n) is 3.35. The molecule has 2 aromatic heterocycles. The van der Waals surface area contributed by atoms with Gasteiger partial charge in [0.1, 0.15) is 29.6 Å². The third kappa shape index (κ3) is 6.00. The van der Waals surface area contributed by atoms with E-state index in [1.807, 2.05) is 20.8 Å². The number of nitrogens with one attached hydrogen (secondary N) is 1. The van der Waals surface area contributed by atoms with Crippen LogP contribution in [-0.4, -0.2) is 63.1 Å². The van der Waals surface area contributed by atoms with E-state index in [9.17, 15) is 14.7 Å². The van der Waals surface area contributed by atoms with E-state index in [1.54, 1.807) is 44.1 Å². The number of pyridine rings is 1. The number of rotatable bonds is 7. The predicted octanol–water partition coefficient (Wildman–Crippen LogP) is 2.17. The Morgan fingerprint density at radius 2 is 1.94 bits per heavy atom. The first-order valence-corrected chi connectivity index (χ1v) is 10.6. The standard InChI is InChI=1S/C23H31N5O4/c1-22(2,3)27-18(30)12-28(6)21-15-7-8-17(29)19(15)25-20(26-21)16-11-14(9-10-24-16)32-13-23(4,5)31/h9-11,31H,7-8,12-13H2,1-6H3,(H,27,30). The number of carbonyl (C=O) groups is 2. The number of likely N-dealkylation sites (N-methyl/N-ethyl adjacent to an activating group) is 1. The first kappa shape index (κ1) is 23.6. The Morgan fingerprint density at radius 1 is 1.22 bits per heavy atom. The minimum Gasteiger partial charge on any atom is -0.490 e. The van der Waals surface area contributed by atoms with Crippen LogP contribution >= 0.6 is 0 Å². The monoisotopic (exact) mass is 441 g/mol. The number of Topliss-reactive ketones (excluding diaryl/α,β-unsaturated/α-hetero) is 1. The Morgan fingerprint density at radius 3 is 2.59 bits per heavy atom. The zero-order valence-electron chi connectivity index (χ0n) is 19.5. The number of amides is 1. The van der Waals surface area contributed by atoms with Gasteiger partial charge in [-0.1, -0.05) is 0 Å². The molecule has 9 nitrogen and oxygen atoms in total. The van der Waals surface area contributed by atoms with Crippen molar-refractivity contribution in [2.45, 2.75) is 58.6 Å². The predicted molar refractivity (Wildman–Crippen MR) is 121 cm³/mol. The van der Waals surface area contributed by atoms with Crippen molar-refractivity contribution in [3.8, 4) is 17.3 Å². The molecule has 3 rings (SSSR count). The summed E-state index contributed by atoms with van der Waals surface area (Å²) >= 11 is 0. The number of aliphatic hydroxyl groups is 1. The van der Waals surface area contributed by atoms with Crippen molar-refractivity contribution in [1.29, 1.82) is 0 Å². The van der Waals surface area contributed by atoms with Crippen molar-refractivity contribution in [2.75, 3.05) is 25.1 Å². The second-order valence-electron chi connectivity index (χ2n) is 9.75. The minimum absolute atomic E-state index is 0.0492. The van der Waals surface area contributed by atoms with Gasteiger partial charge in [-0.3, -0.25) is 14.6 Å². The molecule has 2 aromatic rings.